The van der Waals surface area contributed by atoms with E-state index in [0.717, 1.165) is 0 Å². The highest BCUT2D eigenvalue weighted by Crippen LogP contribution is 2.29. The summed E-state index contributed by atoms with van der Waals surface area (Å²) < 4.78 is 6.35. The molecule has 0 amide bonds. The topological polar surface area (TPSA) is 77.2 Å². The molecule has 0 atom stereocenters. The van der Waals surface area contributed by atoms with Crippen LogP contribution in [0.3, 0.4) is 0 Å². The largest absolute Gasteiger partial charge is 0.477 e. The van der Waals surface area contributed by atoms with E-state index in [4.69, 9.17) is 16.3 Å². The van der Waals surface area contributed by atoms with Crippen LogP contribution in [0.4, 0.5) is 0 Å². The van der Waals surface area contributed by atoms with Crippen molar-refractivity contribution in [2.75, 3.05) is 13.2 Å². The second-order valence-corrected chi connectivity index (χ2v) is 5.90. The zero-order chi connectivity index (χ0) is 14.1. The van der Waals surface area contributed by atoms with Gasteiger partial charge in [0.05, 0.1) is 23.5 Å². The highest BCUT2D eigenvalue weighted by atomic mass is 35.5. The summed E-state index contributed by atoms with van der Waals surface area (Å²) >= 11 is 7.54. The predicted octanol–water partition coefficient (Wildman–Crippen LogP) is 2.11. The van der Waals surface area contributed by atoms with Crippen LogP contribution in [0.1, 0.15) is 10.5 Å². The number of nitrogens with zero attached hydrogens (tertiary/aromatic N) is 3. The van der Waals surface area contributed by atoms with E-state index in [1.54, 1.807) is 18.3 Å². The Bertz CT molecular complexity index is 657. The second kappa shape index (κ2) is 5.43. The maximum Gasteiger partial charge on any atom is 0.354 e. The van der Waals surface area contributed by atoms with Crippen LogP contribution in [0.2, 0.25) is 5.02 Å². The first-order chi connectivity index (χ1) is 9.65. The van der Waals surface area contributed by atoms with Gasteiger partial charge in [-0.25, -0.2) is 14.5 Å². The SMILES string of the molecule is O=C(O)c1cc(SC2COC2)nn1-c1ncccc1Cl. The number of carboxylic acid groups (broad SMARTS) is 1. The van der Waals surface area contributed by atoms with E-state index >= 15 is 0 Å². The molecule has 1 saturated heterocycles. The Morgan fingerprint density at radius 2 is 2.35 bits per heavy atom. The lowest BCUT2D eigenvalue weighted by molar-refractivity contribution is 0.0454. The lowest BCUT2D eigenvalue weighted by atomic mass is 10.4. The van der Waals surface area contributed by atoms with Crippen molar-refractivity contribution < 1.29 is 14.6 Å². The molecule has 1 aliphatic rings. The van der Waals surface area contributed by atoms with Gasteiger partial charge in [-0.2, -0.15) is 5.10 Å². The number of pyridine rings is 1. The molecule has 3 heterocycles. The third-order valence-corrected chi connectivity index (χ3v) is 4.08. The van der Waals surface area contributed by atoms with Gasteiger partial charge in [0.1, 0.15) is 5.03 Å². The summed E-state index contributed by atoms with van der Waals surface area (Å²) in [7, 11) is 0. The van der Waals surface area contributed by atoms with Gasteiger partial charge in [0, 0.05) is 12.3 Å². The molecule has 0 saturated carbocycles. The van der Waals surface area contributed by atoms with Crippen LogP contribution in [-0.4, -0.2) is 44.3 Å². The minimum absolute atomic E-state index is 0.0355. The molecule has 8 heteroatoms. The molecular weight excluding hydrogens is 302 g/mol. The molecule has 0 bridgehead atoms. The molecule has 2 aromatic heterocycles. The van der Waals surface area contributed by atoms with Crippen LogP contribution in [0.5, 0.6) is 0 Å². The van der Waals surface area contributed by atoms with Crippen LogP contribution >= 0.6 is 23.4 Å². The Balaban J connectivity index is 2.00. The van der Waals surface area contributed by atoms with Crippen LogP contribution in [0, 0.1) is 0 Å². The van der Waals surface area contributed by atoms with Gasteiger partial charge in [-0.3, -0.25) is 0 Å². The lowest BCUT2D eigenvalue weighted by Crippen LogP contribution is -2.30. The van der Waals surface area contributed by atoms with Gasteiger partial charge in [0.25, 0.3) is 0 Å². The molecule has 104 valence electrons. The highest BCUT2D eigenvalue weighted by Gasteiger charge is 2.24. The zero-order valence-electron chi connectivity index (χ0n) is 10.2. The van der Waals surface area contributed by atoms with Gasteiger partial charge in [-0.1, -0.05) is 23.4 Å². The van der Waals surface area contributed by atoms with Crippen LogP contribution in [0.25, 0.3) is 5.82 Å². The maximum atomic E-state index is 11.3. The molecule has 2 aromatic rings. The average molecular weight is 312 g/mol. The minimum atomic E-state index is -1.07. The molecule has 0 aliphatic carbocycles. The summed E-state index contributed by atoms with van der Waals surface area (Å²) in [4.78, 5) is 15.4. The normalized spacial score (nSPS) is 15.1. The molecule has 1 N–H and O–H groups in total. The van der Waals surface area contributed by atoms with E-state index in [9.17, 15) is 9.90 Å². The zero-order valence-corrected chi connectivity index (χ0v) is 11.8. The molecule has 6 nitrogen and oxygen atoms in total. The van der Waals surface area contributed by atoms with Crippen molar-refractivity contribution in [1.82, 2.24) is 14.8 Å². The fraction of sp³-hybridized carbons (Fsp3) is 0.250. The number of carboxylic acids is 1. The van der Waals surface area contributed by atoms with E-state index in [0.29, 0.717) is 34.3 Å². The van der Waals surface area contributed by atoms with Gasteiger partial charge in [-0.15, -0.1) is 0 Å². The first kappa shape index (κ1) is 13.4. The lowest BCUT2D eigenvalue weighted by Gasteiger charge is -2.23. The number of carbonyl (C=O) groups is 1. The Kier molecular flexibility index (Phi) is 3.64. The van der Waals surface area contributed by atoms with Gasteiger partial charge in [0.2, 0.25) is 0 Å². The quantitative estimate of drug-likeness (QED) is 0.932. The first-order valence-electron chi connectivity index (χ1n) is 5.84. The van der Waals surface area contributed by atoms with Crippen molar-refractivity contribution in [1.29, 1.82) is 0 Å². The highest BCUT2D eigenvalue weighted by molar-refractivity contribution is 8.00. The minimum Gasteiger partial charge on any atom is -0.477 e. The smallest absolute Gasteiger partial charge is 0.354 e. The van der Waals surface area contributed by atoms with Gasteiger partial charge < -0.3 is 9.84 Å². The van der Waals surface area contributed by atoms with Gasteiger partial charge >= 0.3 is 5.97 Å². The molecule has 0 aromatic carbocycles. The van der Waals surface area contributed by atoms with Gasteiger partial charge in [-0.05, 0) is 12.1 Å². The van der Waals surface area contributed by atoms with E-state index in [2.05, 4.69) is 10.1 Å². The van der Waals surface area contributed by atoms with Crippen molar-refractivity contribution in [3.63, 3.8) is 0 Å². The summed E-state index contributed by atoms with van der Waals surface area (Å²) in [5, 5.41) is 14.8. The fourth-order valence-electron chi connectivity index (χ4n) is 1.72. The van der Waals surface area contributed by atoms with Crippen molar-refractivity contribution >= 4 is 29.3 Å². The molecule has 1 fully saturated rings. The molecule has 20 heavy (non-hydrogen) atoms. The molecule has 0 radical (unpaired) electrons. The predicted molar refractivity (Wildman–Crippen MR) is 73.8 cm³/mol. The maximum absolute atomic E-state index is 11.3. The summed E-state index contributed by atoms with van der Waals surface area (Å²) in [6.07, 6.45) is 1.54. The van der Waals surface area contributed by atoms with Crippen LogP contribution < -0.4 is 0 Å². The Morgan fingerprint density at radius 1 is 1.55 bits per heavy atom. The first-order valence-corrected chi connectivity index (χ1v) is 7.09. The summed E-state index contributed by atoms with van der Waals surface area (Å²) in [5.41, 5.74) is 0.0355. The molecule has 0 unspecified atom stereocenters. The molecule has 3 rings (SSSR count). The summed E-state index contributed by atoms with van der Waals surface area (Å²) in [6.45, 7) is 1.31. The van der Waals surface area contributed by atoms with Crippen molar-refractivity contribution in [3.8, 4) is 5.82 Å². The molecular formula is C12H10ClN3O3S. The Morgan fingerprint density at radius 3 is 2.95 bits per heavy atom. The molecule has 1 aliphatic heterocycles. The third-order valence-electron chi connectivity index (χ3n) is 2.74. The number of hydrogen-bond acceptors (Lipinski definition) is 5. The number of hydrogen-bond donors (Lipinski definition) is 1. The Hall–Kier alpha value is -1.57. The summed E-state index contributed by atoms with van der Waals surface area (Å²) in [5.74, 6) is -0.765. The average Bonchev–Trinajstić information content (AvgIpc) is 2.78. The monoisotopic (exact) mass is 311 g/mol. The standard InChI is InChI=1S/C12H10ClN3O3S/c13-8-2-1-3-14-11(8)16-9(12(17)18)4-10(15-16)20-7-5-19-6-7/h1-4,7H,5-6H2,(H,17,18). The van der Waals surface area contributed by atoms with Crippen molar-refractivity contribution in [3.05, 3.63) is 35.1 Å². The number of halogens is 1. The Labute approximate surface area is 123 Å². The van der Waals surface area contributed by atoms with E-state index in [1.807, 2.05) is 0 Å². The van der Waals surface area contributed by atoms with E-state index < -0.39 is 5.97 Å². The fourth-order valence-corrected chi connectivity index (χ4v) is 2.90. The number of ether oxygens (including phenoxy) is 1. The number of aromatic nitrogens is 3. The second-order valence-electron chi connectivity index (χ2n) is 4.17. The van der Waals surface area contributed by atoms with Crippen molar-refractivity contribution in [2.45, 2.75) is 10.3 Å². The molecule has 0 spiro atoms. The summed E-state index contributed by atoms with van der Waals surface area (Å²) in [6, 6.07) is 4.84. The van der Waals surface area contributed by atoms with E-state index in [1.165, 1.54) is 22.5 Å². The third kappa shape index (κ3) is 2.52. The van der Waals surface area contributed by atoms with Crippen LogP contribution in [0.15, 0.2) is 29.4 Å². The van der Waals surface area contributed by atoms with Crippen molar-refractivity contribution in [2.24, 2.45) is 0 Å². The number of aromatic carboxylic acids is 1. The van der Waals surface area contributed by atoms with Crippen LogP contribution in [-0.2, 0) is 4.74 Å². The van der Waals surface area contributed by atoms with E-state index in [-0.39, 0.29) is 5.69 Å². The number of thioether (sulfide) groups is 1. The van der Waals surface area contributed by atoms with Gasteiger partial charge in [0.15, 0.2) is 11.5 Å². The number of rotatable bonds is 4.